The Morgan fingerprint density at radius 3 is 2.15 bits per heavy atom. The lowest BCUT2D eigenvalue weighted by molar-refractivity contribution is 0.102. The van der Waals surface area contributed by atoms with Crippen LogP contribution in [0.4, 0.5) is 5.13 Å². The molecule has 33 heavy (non-hydrogen) atoms. The van der Waals surface area contributed by atoms with Crippen LogP contribution >= 0.6 is 11.3 Å². The second-order valence-electron chi connectivity index (χ2n) is 6.99. The maximum atomic E-state index is 13.0. The number of rotatable bonds is 10. The Balaban J connectivity index is 1.93. The predicted octanol–water partition coefficient (Wildman–Crippen LogP) is 4.00. The van der Waals surface area contributed by atoms with E-state index in [9.17, 15) is 13.2 Å². The van der Waals surface area contributed by atoms with Crippen LogP contribution in [0.25, 0.3) is 10.2 Å². The zero-order valence-corrected chi connectivity index (χ0v) is 20.8. The number of benzene rings is 2. The average molecular weight is 494 g/mol. The molecule has 9 nitrogen and oxygen atoms in total. The minimum absolute atomic E-state index is 0.163. The van der Waals surface area contributed by atoms with Gasteiger partial charge in [-0.05, 0) is 51.1 Å². The molecule has 0 radical (unpaired) electrons. The van der Waals surface area contributed by atoms with Gasteiger partial charge in [0.25, 0.3) is 5.91 Å². The number of sulfonamides is 1. The van der Waals surface area contributed by atoms with E-state index < -0.39 is 15.9 Å². The van der Waals surface area contributed by atoms with Crippen molar-refractivity contribution in [3.8, 4) is 17.2 Å². The first-order valence-corrected chi connectivity index (χ1v) is 12.7. The summed E-state index contributed by atoms with van der Waals surface area (Å²) in [7, 11) is -0.622. The molecule has 0 aliphatic carbocycles. The van der Waals surface area contributed by atoms with Gasteiger partial charge in [0.05, 0.1) is 34.9 Å². The van der Waals surface area contributed by atoms with E-state index in [0.29, 0.717) is 58.0 Å². The van der Waals surface area contributed by atoms with Crippen molar-refractivity contribution in [2.24, 2.45) is 0 Å². The minimum Gasteiger partial charge on any atom is -0.490 e. The van der Waals surface area contributed by atoms with Crippen LogP contribution in [0.2, 0.25) is 0 Å². The van der Waals surface area contributed by atoms with Crippen LogP contribution in [0, 0.1) is 0 Å². The SMILES string of the molecule is CCOc1cc(C(=O)Nc2nc3ccc(S(=O)(=O)N(C)C)cc3s2)cc(OCC)c1OCC. The van der Waals surface area contributed by atoms with Crippen molar-refractivity contribution in [3.05, 3.63) is 35.9 Å². The highest BCUT2D eigenvalue weighted by Gasteiger charge is 2.21. The number of nitrogens with one attached hydrogen (secondary N) is 1. The highest BCUT2D eigenvalue weighted by atomic mass is 32.2. The summed E-state index contributed by atoms with van der Waals surface area (Å²) in [5, 5.41) is 3.12. The Morgan fingerprint density at radius 2 is 1.61 bits per heavy atom. The number of carbonyl (C=O) groups excluding carboxylic acids is 1. The summed E-state index contributed by atoms with van der Waals surface area (Å²) in [5.41, 5.74) is 0.908. The van der Waals surface area contributed by atoms with E-state index in [4.69, 9.17) is 14.2 Å². The number of ether oxygens (including phenoxy) is 3. The molecule has 0 atom stereocenters. The quantitative estimate of drug-likeness (QED) is 0.455. The van der Waals surface area contributed by atoms with Crippen molar-refractivity contribution < 1.29 is 27.4 Å². The summed E-state index contributed by atoms with van der Waals surface area (Å²) in [6.07, 6.45) is 0. The fraction of sp³-hybridized carbons (Fsp3) is 0.364. The zero-order chi connectivity index (χ0) is 24.2. The molecular weight excluding hydrogens is 466 g/mol. The molecule has 11 heteroatoms. The van der Waals surface area contributed by atoms with E-state index in [1.807, 2.05) is 20.8 Å². The Bertz CT molecular complexity index is 1230. The lowest BCUT2D eigenvalue weighted by Crippen LogP contribution is -2.22. The third-order valence-corrected chi connectivity index (χ3v) is 7.27. The summed E-state index contributed by atoms with van der Waals surface area (Å²) < 4.78 is 43.6. The largest absolute Gasteiger partial charge is 0.490 e. The highest BCUT2D eigenvalue weighted by Crippen LogP contribution is 2.39. The van der Waals surface area contributed by atoms with Crippen LogP contribution in [0.15, 0.2) is 35.2 Å². The number of hydrogen-bond acceptors (Lipinski definition) is 8. The van der Waals surface area contributed by atoms with E-state index in [1.165, 1.54) is 31.5 Å². The Labute approximate surface area is 197 Å². The lowest BCUT2D eigenvalue weighted by atomic mass is 10.1. The Hall–Kier alpha value is -2.89. The molecule has 1 heterocycles. The maximum Gasteiger partial charge on any atom is 0.257 e. The van der Waals surface area contributed by atoms with Gasteiger partial charge in [0.1, 0.15) is 0 Å². The van der Waals surface area contributed by atoms with Crippen LogP contribution in [0.3, 0.4) is 0 Å². The topological polar surface area (TPSA) is 107 Å². The molecule has 0 aliphatic rings. The number of carbonyl (C=O) groups is 1. The van der Waals surface area contributed by atoms with Gasteiger partial charge >= 0.3 is 0 Å². The summed E-state index contributed by atoms with van der Waals surface area (Å²) >= 11 is 1.19. The molecule has 0 saturated carbocycles. The van der Waals surface area contributed by atoms with Crippen LogP contribution in [-0.4, -0.2) is 57.5 Å². The molecule has 0 fully saturated rings. The standard InChI is InChI=1S/C22H27N3O6S2/c1-6-29-17-11-14(12-18(30-7-2)20(17)31-8-3)21(26)24-22-23-16-10-9-15(13-19(16)32-22)33(27,28)25(4)5/h9-13H,6-8H2,1-5H3,(H,23,24,26). The van der Waals surface area contributed by atoms with Gasteiger partial charge < -0.3 is 14.2 Å². The number of thiazole rings is 1. The van der Waals surface area contributed by atoms with Crippen LogP contribution in [-0.2, 0) is 10.0 Å². The molecule has 0 bridgehead atoms. The van der Waals surface area contributed by atoms with Crippen molar-refractivity contribution >= 4 is 42.6 Å². The van der Waals surface area contributed by atoms with Crippen molar-refractivity contribution in [2.75, 3.05) is 39.2 Å². The van der Waals surface area contributed by atoms with Crippen molar-refractivity contribution in [1.29, 1.82) is 0 Å². The first-order valence-electron chi connectivity index (χ1n) is 10.4. The second-order valence-corrected chi connectivity index (χ2v) is 10.2. The molecule has 0 aliphatic heterocycles. The maximum absolute atomic E-state index is 13.0. The molecule has 178 valence electrons. The molecular formula is C22H27N3O6S2. The van der Waals surface area contributed by atoms with Crippen LogP contribution in [0.1, 0.15) is 31.1 Å². The van der Waals surface area contributed by atoms with E-state index in [0.717, 1.165) is 4.31 Å². The first kappa shape index (κ1) is 24.7. The third-order valence-electron chi connectivity index (χ3n) is 4.53. The summed E-state index contributed by atoms with van der Waals surface area (Å²) in [4.78, 5) is 17.6. The van der Waals surface area contributed by atoms with Gasteiger partial charge in [-0.3, -0.25) is 10.1 Å². The minimum atomic E-state index is -3.57. The van der Waals surface area contributed by atoms with Crippen molar-refractivity contribution in [1.82, 2.24) is 9.29 Å². The number of aromatic nitrogens is 1. The molecule has 0 spiro atoms. The van der Waals surface area contributed by atoms with Gasteiger partial charge in [0.15, 0.2) is 16.6 Å². The first-order chi connectivity index (χ1) is 15.7. The normalized spacial score (nSPS) is 11.6. The zero-order valence-electron chi connectivity index (χ0n) is 19.2. The van der Waals surface area contributed by atoms with Crippen molar-refractivity contribution in [2.45, 2.75) is 25.7 Å². The van der Waals surface area contributed by atoms with E-state index in [2.05, 4.69) is 10.3 Å². The molecule has 1 amide bonds. The average Bonchev–Trinajstić information content (AvgIpc) is 3.17. The molecule has 2 aromatic carbocycles. The Morgan fingerprint density at radius 1 is 1.00 bits per heavy atom. The monoisotopic (exact) mass is 493 g/mol. The van der Waals surface area contributed by atoms with Gasteiger partial charge in [0, 0.05) is 19.7 Å². The van der Waals surface area contributed by atoms with Gasteiger partial charge in [-0.1, -0.05) is 11.3 Å². The van der Waals surface area contributed by atoms with Gasteiger partial charge in [-0.15, -0.1) is 0 Å². The predicted molar refractivity (Wildman–Crippen MR) is 128 cm³/mol. The molecule has 3 aromatic rings. The van der Waals surface area contributed by atoms with Gasteiger partial charge in [-0.2, -0.15) is 0 Å². The van der Waals surface area contributed by atoms with Crippen LogP contribution < -0.4 is 19.5 Å². The van der Waals surface area contributed by atoms with E-state index in [1.54, 1.807) is 24.3 Å². The Kier molecular flexibility index (Phi) is 7.77. The number of fused-ring (bicyclic) bond motifs is 1. The number of hydrogen-bond donors (Lipinski definition) is 1. The van der Waals surface area contributed by atoms with E-state index >= 15 is 0 Å². The van der Waals surface area contributed by atoms with Crippen molar-refractivity contribution in [3.63, 3.8) is 0 Å². The number of nitrogens with zero attached hydrogens (tertiary/aromatic N) is 2. The summed E-state index contributed by atoms with van der Waals surface area (Å²) in [5.74, 6) is 0.879. The van der Waals surface area contributed by atoms with Gasteiger partial charge in [-0.25, -0.2) is 17.7 Å². The number of anilines is 1. The summed E-state index contributed by atoms with van der Waals surface area (Å²) in [6.45, 7) is 6.75. The second kappa shape index (κ2) is 10.4. The molecule has 1 N–H and O–H groups in total. The number of amides is 1. The smallest absolute Gasteiger partial charge is 0.257 e. The fourth-order valence-corrected chi connectivity index (χ4v) is 4.92. The summed E-state index contributed by atoms with van der Waals surface area (Å²) in [6, 6.07) is 7.87. The molecule has 0 unspecified atom stereocenters. The fourth-order valence-electron chi connectivity index (χ4n) is 3.02. The lowest BCUT2D eigenvalue weighted by Gasteiger charge is -2.16. The highest BCUT2D eigenvalue weighted by molar-refractivity contribution is 7.89. The third kappa shape index (κ3) is 5.37. The molecule has 0 saturated heterocycles. The van der Waals surface area contributed by atoms with Crippen LogP contribution in [0.5, 0.6) is 17.2 Å². The molecule has 1 aromatic heterocycles. The molecule has 3 rings (SSSR count). The van der Waals surface area contributed by atoms with E-state index in [-0.39, 0.29) is 4.90 Å². The van der Waals surface area contributed by atoms with Gasteiger partial charge in [0.2, 0.25) is 15.8 Å².